The standard InChI is InChI=1S/C13H26O5Si/c1-12(13(14)15)10-8-6-5-7-9-11-19(16-2,17-3)18-4/h1,5-11H2,2-4H3,(H,14,15). The maximum Gasteiger partial charge on any atom is 0.500 e. The van der Waals surface area contributed by atoms with Crippen molar-refractivity contribution in [3.8, 4) is 0 Å². The molecule has 0 spiro atoms. The second-order valence-corrected chi connectivity index (χ2v) is 7.56. The summed E-state index contributed by atoms with van der Waals surface area (Å²) < 4.78 is 16.0. The molecule has 0 radical (unpaired) electrons. The first kappa shape index (κ1) is 18.3. The second-order valence-electron chi connectivity index (χ2n) is 4.47. The molecular formula is C13H26O5Si. The zero-order valence-electron chi connectivity index (χ0n) is 12.2. The van der Waals surface area contributed by atoms with E-state index < -0.39 is 14.8 Å². The van der Waals surface area contributed by atoms with Gasteiger partial charge in [-0.2, -0.15) is 0 Å². The smallest absolute Gasteiger partial charge is 0.478 e. The van der Waals surface area contributed by atoms with E-state index in [0.717, 1.165) is 38.1 Å². The van der Waals surface area contributed by atoms with Crippen LogP contribution in [0.5, 0.6) is 0 Å². The normalized spacial score (nSPS) is 11.5. The number of carboxylic acid groups (broad SMARTS) is 1. The molecule has 0 atom stereocenters. The lowest BCUT2D eigenvalue weighted by molar-refractivity contribution is -0.132. The van der Waals surface area contributed by atoms with Crippen LogP contribution in [-0.4, -0.2) is 41.2 Å². The third-order valence-electron chi connectivity index (χ3n) is 3.20. The van der Waals surface area contributed by atoms with Crippen molar-refractivity contribution in [2.24, 2.45) is 0 Å². The summed E-state index contributed by atoms with van der Waals surface area (Å²) >= 11 is 0. The van der Waals surface area contributed by atoms with E-state index in [0.29, 0.717) is 12.0 Å². The molecule has 0 aromatic heterocycles. The van der Waals surface area contributed by atoms with Crippen LogP contribution in [0.2, 0.25) is 6.04 Å². The fourth-order valence-corrected chi connectivity index (χ4v) is 3.67. The Labute approximate surface area is 116 Å². The Balaban J connectivity index is 3.60. The predicted molar refractivity (Wildman–Crippen MR) is 76.1 cm³/mol. The molecule has 0 rings (SSSR count). The van der Waals surface area contributed by atoms with Crippen LogP contribution >= 0.6 is 0 Å². The molecule has 0 unspecified atom stereocenters. The molecule has 0 aliphatic heterocycles. The SMILES string of the molecule is C=C(CCCCCCC[Si](OC)(OC)OC)C(=O)O. The van der Waals surface area contributed by atoms with Gasteiger partial charge >= 0.3 is 14.8 Å². The molecular weight excluding hydrogens is 264 g/mol. The van der Waals surface area contributed by atoms with E-state index in [1.165, 1.54) is 0 Å². The summed E-state index contributed by atoms with van der Waals surface area (Å²) in [4.78, 5) is 10.5. The third-order valence-corrected chi connectivity index (χ3v) is 6.03. The first-order valence-corrected chi connectivity index (χ1v) is 8.51. The molecule has 0 heterocycles. The number of unbranched alkanes of at least 4 members (excludes halogenated alkanes) is 4. The van der Waals surface area contributed by atoms with E-state index in [4.69, 9.17) is 18.4 Å². The minimum atomic E-state index is -2.41. The molecule has 1 N–H and O–H groups in total. The largest absolute Gasteiger partial charge is 0.500 e. The molecule has 0 saturated heterocycles. The lowest BCUT2D eigenvalue weighted by Gasteiger charge is -2.24. The number of rotatable bonds is 12. The van der Waals surface area contributed by atoms with Gasteiger partial charge in [0.2, 0.25) is 0 Å². The zero-order valence-corrected chi connectivity index (χ0v) is 13.2. The first-order chi connectivity index (χ1) is 9.01. The highest BCUT2D eigenvalue weighted by atomic mass is 28.4. The van der Waals surface area contributed by atoms with Crippen LogP contribution in [0.25, 0.3) is 0 Å². The van der Waals surface area contributed by atoms with Gasteiger partial charge in [0.15, 0.2) is 0 Å². The minimum Gasteiger partial charge on any atom is -0.478 e. The molecule has 5 nitrogen and oxygen atoms in total. The van der Waals surface area contributed by atoms with E-state index >= 15 is 0 Å². The number of carbonyl (C=O) groups is 1. The average Bonchev–Trinajstić information content (AvgIpc) is 2.42. The maximum atomic E-state index is 10.5. The van der Waals surface area contributed by atoms with Crippen LogP contribution in [0.1, 0.15) is 38.5 Å². The van der Waals surface area contributed by atoms with Gasteiger partial charge < -0.3 is 18.4 Å². The number of carboxylic acids is 1. The van der Waals surface area contributed by atoms with E-state index in [-0.39, 0.29) is 0 Å². The fourth-order valence-electron chi connectivity index (χ4n) is 1.87. The van der Waals surface area contributed by atoms with Gasteiger partial charge in [0.25, 0.3) is 0 Å². The Hall–Kier alpha value is -0.693. The van der Waals surface area contributed by atoms with Crippen molar-refractivity contribution < 1.29 is 23.2 Å². The van der Waals surface area contributed by atoms with Crippen molar-refractivity contribution in [1.29, 1.82) is 0 Å². The van der Waals surface area contributed by atoms with Crippen LogP contribution in [0, 0.1) is 0 Å². The van der Waals surface area contributed by atoms with Crippen LogP contribution in [-0.2, 0) is 18.1 Å². The molecule has 19 heavy (non-hydrogen) atoms. The minimum absolute atomic E-state index is 0.296. The summed E-state index contributed by atoms with van der Waals surface area (Å²) in [5, 5.41) is 8.66. The van der Waals surface area contributed by atoms with E-state index in [9.17, 15) is 4.79 Å². The molecule has 6 heteroatoms. The summed E-state index contributed by atoms with van der Waals surface area (Å²) in [6.45, 7) is 3.51. The zero-order chi connectivity index (χ0) is 14.7. The third kappa shape index (κ3) is 7.46. The van der Waals surface area contributed by atoms with Gasteiger partial charge in [0.05, 0.1) is 0 Å². The molecule has 0 bridgehead atoms. The Kier molecular flexibility index (Phi) is 9.77. The Morgan fingerprint density at radius 3 is 1.95 bits per heavy atom. The van der Waals surface area contributed by atoms with Crippen molar-refractivity contribution in [1.82, 2.24) is 0 Å². The van der Waals surface area contributed by atoms with Crippen molar-refractivity contribution in [3.63, 3.8) is 0 Å². The van der Waals surface area contributed by atoms with E-state index in [1.807, 2.05) is 0 Å². The topological polar surface area (TPSA) is 65.0 Å². The highest BCUT2D eigenvalue weighted by molar-refractivity contribution is 6.60. The molecule has 0 aromatic rings. The van der Waals surface area contributed by atoms with Crippen molar-refractivity contribution in [2.45, 2.75) is 44.6 Å². The Bertz CT molecular complexity index is 268. The summed E-state index contributed by atoms with van der Waals surface area (Å²) in [5.41, 5.74) is 0.296. The molecule has 0 aromatic carbocycles. The summed E-state index contributed by atoms with van der Waals surface area (Å²) in [7, 11) is 2.45. The average molecular weight is 290 g/mol. The van der Waals surface area contributed by atoms with Crippen molar-refractivity contribution in [3.05, 3.63) is 12.2 Å². The fraction of sp³-hybridized carbons (Fsp3) is 0.769. The van der Waals surface area contributed by atoms with Gasteiger partial charge in [-0.15, -0.1) is 0 Å². The number of hydrogen-bond donors (Lipinski definition) is 1. The first-order valence-electron chi connectivity index (χ1n) is 6.58. The lowest BCUT2D eigenvalue weighted by atomic mass is 10.1. The second kappa shape index (κ2) is 10.1. The Morgan fingerprint density at radius 2 is 1.47 bits per heavy atom. The predicted octanol–water partition coefficient (Wildman–Crippen LogP) is 2.85. The Morgan fingerprint density at radius 1 is 1.00 bits per heavy atom. The molecule has 0 aliphatic rings. The van der Waals surface area contributed by atoms with Crippen LogP contribution in [0.3, 0.4) is 0 Å². The molecule has 0 amide bonds. The van der Waals surface area contributed by atoms with Gasteiger partial charge in [-0.25, -0.2) is 4.79 Å². The summed E-state index contributed by atoms with van der Waals surface area (Å²) in [5.74, 6) is -0.893. The quantitative estimate of drug-likeness (QED) is 0.340. The maximum absolute atomic E-state index is 10.5. The number of aliphatic carboxylic acids is 1. The van der Waals surface area contributed by atoms with Gasteiger partial charge in [-0.1, -0.05) is 25.8 Å². The molecule has 112 valence electrons. The summed E-state index contributed by atoms with van der Waals surface area (Å²) in [6.07, 6.45) is 5.63. The summed E-state index contributed by atoms with van der Waals surface area (Å²) in [6, 6.07) is 0.818. The van der Waals surface area contributed by atoms with Gasteiger partial charge in [-0.3, -0.25) is 0 Å². The van der Waals surface area contributed by atoms with E-state index in [1.54, 1.807) is 21.3 Å². The van der Waals surface area contributed by atoms with Gasteiger partial charge in [-0.05, 0) is 19.3 Å². The van der Waals surface area contributed by atoms with Gasteiger partial charge in [0.1, 0.15) is 0 Å². The van der Waals surface area contributed by atoms with Crippen LogP contribution in [0.4, 0.5) is 0 Å². The van der Waals surface area contributed by atoms with Crippen LogP contribution in [0.15, 0.2) is 12.2 Å². The lowest BCUT2D eigenvalue weighted by Crippen LogP contribution is -2.42. The highest BCUT2D eigenvalue weighted by Crippen LogP contribution is 2.18. The highest BCUT2D eigenvalue weighted by Gasteiger charge is 2.36. The van der Waals surface area contributed by atoms with Crippen LogP contribution < -0.4 is 0 Å². The molecule has 0 fully saturated rings. The number of hydrogen-bond acceptors (Lipinski definition) is 4. The molecule has 0 saturated carbocycles. The van der Waals surface area contributed by atoms with E-state index in [2.05, 4.69) is 6.58 Å². The van der Waals surface area contributed by atoms with Crippen molar-refractivity contribution >= 4 is 14.8 Å². The van der Waals surface area contributed by atoms with Gasteiger partial charge in [0, 0.05) is 32.9 Å². The van der Waals surface area contributed by atoms with Crippen molar-refractivity contribution in [2.75, 3.05) is 21.3 Å². The monoisotopic (exact) mass is 290 g/mol. The molecule has 0 aliphatic carbocycles.